The third-order valence-electron chi connectivity index (χ3n) is 6.24. The van der Waals surface area contributed by atoms with E-state index in [1.807, 2.05) is 73.8 Å². The molecule has 1 amide bonds. The first-order valence-corrected chi connectivity index (χ1v) is 13.0. The lowest BCUT2D eigenvalue weighted by Crippen LogP contribution is -2.31. The Bertz CT molecular complexity index is 1530. The normalized spacial score (nSPS) is 16.9. The van der Waals surface area contributed by atoms with Crippen molar-refractivity contribution in [2.24, 2.45) is 4.99 Å². The number of aromatic nitrogens is 1. The number of carbonyl (C=O) groups excluding carboxylic acids is 1. The van der Waals surface area contributed by atoms with Crippen molar-refractivity contribution in [1.82, 2.24) is 9.88 Å². The highest BCUT2D eigenvalue weighted by molar-refractivity contribution is 8.18. The van der Waals surface area contributed by atoms with E-state index in [-0.39, 0.29) is 12.7 Å². The minimum absolute atomic E-state index is 0.0837. The van der Waals surface area contributed by atoms with Gasteiger partial charge in [0.05, 0.1) is 17.2 Å². The monoisotopic (exact) mass is 511 g/mol. The number of carbonyl (C=O) groups is 1. The number of aromatic amines is 1. The van der Waals surface area contributed by atoms with E-state index < -0.39 is 0 Å². The van der Waals surface area contributed by atoms with Crippen molar-refractivity contribution in [3.63, 3.8) is 0 Å². The van der Waals surface area contributed by atoms with Gasteiger partial charge >= 0.3 is 0 Å². The molecule has 1 fully saturated rings. The van der Waals surface area contributed by atoms with Crippen LogP contribution in [0.2, 0.25) is 0 Å². The smallest absolute Gasteiger partial charge is 0.266 e. The molecular weight excluding hydrogens is 486 g/mol. The van der Waals surface area contributed by atoms with Crippen molar-refractivity contribution in [3.05, 3.63) is 89.0 Å². The van der Waals surface area contributed by atoms with Crippen LogP contribution in [0.5, 0.6) is 17.2 Å². The molecule has 0 unspecified atom stereocenters. The molecule has 8 heteroatoms. The topological polar surface area (TPSA) is 76.2 Å². The van der Waals surface area contributed by atoms with Crippen LogP contribution in [0, 0.1) is 0 Å². The molecule has 2 aliphatic rings. The van der Waals surface area contributed by atoms with Gasteiger partial charge in [0, 0.05) is 35.3 Å². The lowest BCUT2D eigenvalue weighted by Gasteiger charge is -2.15. The summed E-state index contributed by atoms with van der Waals surface area (Å²) in [5, 5.41) is 1.82. The van der Waals surface area contributed by atoms with E-state index in [0.717, 1.165) is 16.8 Å². The van der Waals surface area contributed by atoms with Crippen molar-refractivity contribution in [2.45, 2.75) is 13.3 Å². The zero-order valence-electron chi connectivity index (χ0n) is 20.3. The SMILES string of the molecule is CCOc1cc2c(cc1/C=C1/SC(=Nc3ccccc3)N(CCc3c[nH]c4ccccc34)C1=O)OCO2. The minimum atomic E-state index is -0.0837. The number of para-hydroxylation sites is 2. The summed E-state index contributed by atoms with van der Waals surface area (Å²) < 4.78 is 16.9. The van der Waals surface area contributed by atoms with Crippen LogP contribution in [0.25, 0.3) is 17.0 Å². The number of fused-ring (bicyclic) bond motifs is 2. The standard InChI is InChI=1S/C29H25N3O4S/c1-2-34-24-16-26-25(35-18-36-26)14-20(24)15-27-28(33)32(29(37-27)31-21-8-4-3-5-9-21)13-12-19-17-30-23-11-7-6-10-22(19)23/h3-11,14-17,30H,2,12-13,18H2,1H3/b27-15+,31-29?. The van der Waals surface area contributed by atoms with Crippen LogP contribution in [-0.4, -0.2) is 40.9 Å². The summed E-state index contributed by atoms with van der Waals surface area (Å²) in [5.74, 6) is 1.84. The van der Waals surface area contributed by atoms with E-state index in [2.05, 4.69) is 17.1 Å². The third kappa shape index (κ3) is 4.68. The lowest BCUT2D eigenvalue weighted by atomic mass is 10.1. The number of hydrogen-bond donors (Lipinski definition) is 1. The molecule has 0 aliphatic carbocycles. The fraction of sp³-hybridized carbons (Fsp3) is 0.172. The van der Waals surface area contributed by atoms with E-state index >= 15 is 0 Å². The number of thioether (sulfide) groups is 1. The molecule has 0 bridgehead atoms. The highest BCUT2D eigenvalue weighted by Crippen LogP contribution is 2.41. The Hall–Kier alpha value is -4.17. The predicted octanol–water partition coefficient (Wildman–Crippen LogP) is 6.14. The maximum Gasteiger partial charge on any atom is 0.266 e. The second-order valence-corrected chi connectivity index (χ2v) is 9.59. The number of hydrogen-bond acceptors (Lipinski definition) is 6. The number of aliphatic imine (C=N–C) groups is 1. The molecule has 0 atom stereocenters. The summed E-state index contributed by atoms with van der Waals surface area (Å²) in [4.78, 5) is 24.2. The van der Waals surface area contributed by atoms with Gasteiger partial charge in [0.2, 0.25) is 6.79 Å². The summed E-state index contributed by atoms with van der Waals surface area (Å²) in [6.45, 7) is 3.10. The van der Waals surface area contributed by atoms with E-state index in [4.69, 9.17) is 19.2 Å². The molecule has 6 rings (SSSR count). The van der Waals surface area contributed by atoms with Crippen LogP contribution in [0.3, 0.4) is 0 Å². The van der Waals surface area contributed by atoms with E-state index in [1.165, 1.54) is 22.7 Å². The number of nitrogens with zero attached hydrogens (tertiary/aromatic N) is 2. The van der Waals surface area contributed by atoms with Crippen LogP contribution >= 0.6 is 11.8 Å². The van der Waals surface area contributed by atoms with Crippen molar-refractivity contribution in [1.29, 1.82) is 0 Å². The Morgan fingerprint density at radius 2 is 1.86 bits per heavy atom. The molecule has 2 aliphatic heterocycles. The summed E-state index contributed by atoms with van der Waals surface area (Å²) in [7, 11) is 0. The van der Waals surface area contributed by atoms with Gasteiger partial charge in [0.25, 0.3) is 5.91 Å². The second-order valence-electron chi connectivity index (χ2n) is 8.58. The van der Waals surface area contributed by atoms with Crippen molar-refractivity contribution in [2.75, 3.05) is 19.9 Å². The van der Waals surface area contributed by atoms with Crippen molar-refractivity contribution >= 4 is 45.5 Å². The molecule has 37 heavy (non-hydrogen) atoms. The summed E-state index contributed by atoms with van der Waals surface area (Å²) in [5.41, 5.74) is 3.82. The van der Waals surface area contributed by atoms with E-state index in [0.29, 0.717) is 46.9 Å². The van der Waals surface area contributed by atoms with Crippen LogP contribution in [0.15, 0.2) is 82.8 Å². The minimum Gasteiger partial charge on any atom is -0.493 e. The molecule has 0 saturated carbocycles. The van der Waals surface area contributed by atoms with E-state index in [1.54, 1.807) is 4.90 Å². The first-order chi connectivity index (χ1) is 18.2. The van der Waals surface area contributed by atoms with Crippen molar-refractivity contribution < 1.29 is 19.0 Å². The van der Waals surface area contributed by atoms with Crippen molar-refractivity contribution in [3.8, 4) is 17.2 Å². The molecule has 4 aromatic rings. The summed E-state index contributed by atoms with van der Waals surface area (Å²) in [6.07, 6.45) is 4.57. The van der Waals surface area contributed by atoms with Gasteiger partial charge in [-0.15, -0.1) is 0 Å². The Morgan fingerprint density at radius 3 is 2.70 bits per heavy atom. The maximum absolute atomic E-state index is 13.7. The average Bonchev–Trinajstić information content (AvgIpc) is 3.62. The molecule has 0 spiro atoms. The number of ether oxygens (including phenoxy) is 3. The first kappa shape index (κ1) is 23.2. The van der Waals surface area contributed by atoms with Crippen LogP contribution in [-0.2, 0) is 11.2 Å². The van der Waals surface area contributed by atoms with Gasteiger partial charge in [-0.2, -0.15) is 0 Å². The van der Waals surface area contributed by atoms with Gasteiger partial charge in [-0.1, -0.05) is 36.4 Å². The average molecular weight is 512 g/mol. The zero-order valence-corrected chi connectivity index (χ0v) is 21.1. The number of amidine groups is 1. The highest BCUT2D eigenvalue weighted by atomic mass is 32.2. The maximum atomic E-state index is 13.7. The lowest BCUT2D eigenvalue weighted by molar-refractivity contribution is -0.122. The number of rotatable bonds is 7. The number of nitrogens with one attached hydrogen (secondary N) is 1. The van der Waals surface area contributed by atoms with Gasteiger partial charge in [-0.25, -0.2) is 4.99 Å². The van der Waals surface area contributed by atoms with Gasteiger partial charge < -0.3 is 19.2 Å². The third-order valence-corrected chi connectivity index (χ3v) is 7.25. The molecule has 3 heterocycles. The van der Waals surface area contributed by atoms with Gasteiger partial charge in [0.15, 0.2) is 16.7 Å². The van der Waals surface area contributed by atoms with Crippen LogP contribution < -0.4 is 14.2 Å². The quantitative estimate of drug-likeness (QED) is 0.302. The number of H-pyrrole nitrogens is 1. The molecule has 0 radical (unpaired) electrons. The van der Waals surface area contributed by atoms with Gasteiger partial charge in [-0.3, -0.25) is 9.69 Å². The summed E-state index contributed by atoms with van der Waals surface area (Å²) >= 11 is 1.37. The molecule has 1 saturated heterocycles. The fourth-order valence-electron chi connectivity index (χ4n) is 4.45. The van der Waals surface area contributed by atoms with E-state index in [9.17, 15) is 4.79 Å². The molecule has 3 aromatic carbocycles. The highest BCUT2D eigenvalue weighted by Gasteiger charge is 2.34. The van der Waals surface area contributed by atoms with Gasteiger partial charge in [0.1, 0.15) is 5.75 Å². The number of benzene rings is 3. The number of amides is 1. The zero-order chi connectivity index (χ0) is 25.2. The molecule has 1 aromatic heterocycles. The molecule has 7 nitrogen and oxygen atoms in total. The second kappa shape index (κ2) is 10.1. The Labute approximate surface area is 218 Å². The Balaban J connectivity index is 1.34. The molecular formula is C29H25N3O4S. The van der Waals surface area contributed by atoms with Crippen LogP contribution in [0.1, 0.15) is 18.1 Å². The summed E-state index contributed by atoms with van der Waals surface area (Å²) in [6, 6.07) is 21.6. The molecule has 1 N–H and O–H groups in total. The molecule has 186 valence electrons. The Kier molecular flexibility index (Phi) is 6.32. The fourth-order valence-corrected chi connectivity index (χ4v) is 5.46. The first-order valence-electron chi connectivity index (χ1n) is 12.2. The predicted molar refractivity (Wildman–Crippen MR) is 147 cm³/mol. The van der Waals surface area contributed by atoms with Gasteiger partial charge in [-0.05, 0) is 61.0 Å². The largest absolute Gasteiger partial charge is 0.493 e. The Morgan fingerprint density at radius 1 is 1.08 bits per heavy atom. The van der Waals surface area contributed by atoms with Crippen LogP contribution in [0.4, 0.5) is 5.69 Å².